The number of rotatable bonds is 4. The first-order chi connectivity index (χ1) is 14.0. The average Bonchev–Trinajstić information content (AvgIpc) is 3.14. The molecule has 1 fully saturated rings. The SMILES string of the molecule is CC1CCN(C(=O)c2nc(C(=O)NC(C)c3ccccc3)n3ccccc23)CC1. The van der Waals surface area contributed by atoms with Crippen LogP contribution in [0.3, 0.4) is 0 Å². The van der Waals surface area contributed by atoms with Gasteiger partial charge in [0.15, 0.2) is 5.69 Å². The number of imidazole rings is 1. The molecule has 2 amide bonds. The number of nitrogens with one attached hydrogen (secondary N) is 1. The number of nitrogens with zero attached hydrogens (tertiary/aromatic N) is 3. The topological polar surface area (TPSA) is 66.7 Å². The van der Waals surface area contributed by atoms with Crippen LogP contribution in [0.2, 0.25) is 0 Å². The van der Waals surface area contributed by atoms with E-state index in [1.54, 1.807) is 10.6 Å². The first-order valence-electron chi connectivity index (χ1n) is 10.2. The quantitative estimate of drug-likeness (QED) is 0.739. The molecule has 1 N–H and O–H groups in total. The van der Waals surface area contributed by atoms with Crippen LogP contribution in [-0.4, -0.2) is 39.2 Å². The molecular formula is C23H26N4O2. The van der Waals surface area contributed by atoms with Gasteiger partial charge in [0.2, 0.25) is 5.82 Å². The number of hydrogen-bond donors (Lipinski definition) is 1. The van der Waals surface area contributed by atoms with Crippen molar-refractivity contribution in [3.8, 4) is 0 Å². The Labute approximate surface area is 170 Å². The van der Waals surface area contributed by atoms with E-state index >= 15 is 0 Å². The Hall–Kier alpha value is -3.15. The Bertz CT molecular complexity index is 1020. The molecular weight excluding hydrogens is 364 g/mol. The van der Waals surface area contributed by atoms with E-state index in [0.717, 1.165) is 31.5 Å². The number of hydrogen-bond acceptors (Lipinski definition) is 3. The molecule has 0 bridgehead atoms. The molecule has 3 heterocycles. The molecule has 6 heteroatoms. The van der Waals surface area contributed by atoms with Crippen molar-refractivity contribution in [2.24, 2.45) is 5.92 Å². The summed E-state index contributed by atoms with van der Waals surface area (Å²) in [5.41, 5.74) is 2.02. The number of piperidine rings is 1. The summed E-state index contributed by atoms with van der Waals surface area (Å²) >= 11 is 0. The van der Waals surface area contributed by atoms with Crippen molar-refractivity contribution in [2.45, 2.75) is 32.7 Å². The van der Waals surface area contributed by atoms with Crippen molar-refractivity contribution in [2.75, 3.05) is 13.1 Å². The summed E-state index contributed by atoms with van der Waals surface area (Å²) in [5.74, 6) is 0.473. The van der Waals surface area contributed by atoms with Gasteiger partial charge in [-0.25, -0.2) is 4.98 Å². The predicted octanol–water partition coefficient (Wildman–Crippen LogP) is 3.70. The van der Waals surface area contributed by atoms with Crippen LogP contribution >= 0.6 is 0 Å². The minimum Gasteiger partial charge on any atom is -0.343 e. The summed E-state index contributed by atoms with van der Waals surface area (Å²) < 4.78 is 1.70. The van der Waals surface area contributed by atoms with E-state index in [-0.39, 0.29) is 23.7 Å². The lowest BCUT2D eigenvalue weighted by molar-refractivity contribution is 0.0694. The number of fused-ring (bicyclic) bond motifs is 1. The van der Waals surface area contributed by atoms with E-state index in [0.29, 0.717) is 17.1 Å². The first-order valence-corrected chi connectivity index (χ1v) is 10.2. The molecule has 0 saturated carbocycles. The molecule has 1 aliphatic rings. The Morgan fingerprint density at radius 3 is 2.48 bits per heavy atom. The second kappa shape index (κ2) is 8.07. The predicted molar refractivity (Wildman–Crippen MR) is 112 cm³/mol. The third-order valence-corrected chi connectivity index (χ3v) is 5.67. The van der Waals surface area contributed by atoms with Crippen LogP contribution < -0.4 is 5.32 Å². The number of likely N-dealkylation sites (tertiary alicyclic amines) is 1. The smallest absolute Gasteiger partial charge is 0.288 e. The van der Waals surface area contributed by atoms with E-state index in [1.807, 2.05) is 60.4 Å². The van der Waals surface area contributed by atoms with Crippen LogP contribution in [-0.2, 0) is 0 Å². The van der Waals surface area contributed by atoms with E-state index in [2.05, 4.69) is 17.2 Å². The maximum absolute atomic E-state index is 13.1. The monoisotopic (exact) mass is 390 g/mol. The van der Waals surface area contributed by atoms with E-state index in [1.165, 1.54) is 0 Å². The van der Waals surface area contributed by atoms with Gasteiger partial charge in [-0.1, -0.05) is 43.3 Å². The van der Waals surface area contributed by atoms with Gasteiger partial charge in [-0.05, 0) is 43.4 Å². The molecule has 3 aromatic rings. The lowest BCUT2D eigenvalue weighted by Crippen LogP contribution is -2.38. The lowest BCUT2D eigenvalue weighted by atomic mass is 9.99. The highest BCUT2D eigenvalue weighted by atomic mass is 16.2. The Morgan fingerprint density at radius 1 is 1.07 bits per heavy atom. The second-order valence-electron chi connectivity index (χ2n) is 7.82. The summed E-state index contributed by atoms with van der Waals surface area (Å²) in [5, 5.41) is 3.00. The van der Waals surface area contributed by atoms with Crippen LogP contribution in [0.15, 0.2) is 54.7 Å². The third kappa shape index (κ3) is 3.88. The molecule has 1 saturated heterocycles. The van der Waals surface area contributed by atoms with Gasteiger partial charge < -0.3 is 10.2 Å². The second-order valence-corrected chi connectivity index (χ2v) is 7.82. The number of pyridine rings is 1. The largest absolute Gasteiger partial charge is 0.343 e. The van der Waals surface area contributed by atoms with Crippen molar-refractivity contribution >= 4 is 17.3 Å². The van der Waals surface area contributed by atoms with E-state index in [9.17, 15) is 9.59 Å². The van der Waals surface area contributed by atoms with Gasteiger partial charge in [-0.15, -0.1) is 0 Å². The summed E-state index contributed by atoms with van der Waals surface area (Å²) in [6.45, 7) is 5.62. The van der Waals surface area contributed by atoms with Gasteiger partial charge in [-0.3, -0.25) is 14.0 Å². The zero-order chi connectivity index (χ0) is 20.4. The van der Waals surface area contributed by atoms with Gasteiger partial charge in [0, 0.05) is 19.3 Å². The fourth-order valence-corrected chi connectivity index (χ4v) is 3.80. The van der Waals surface area contributed by atoms with Crippen molar-refractivity contribution in [3.63, 3.8) is 0 Å². The fourth-order valence-electron chi connectivity index (χ4n) is 3.80. The van der Waals surface area contributed by atoms with Gasteiger partial charge in [0.1, 0.15) is 0 Å². The van der Waals surface area contributed by atoms with Crippen molar-refractivity contribution in [3.05, 3.63) is 71.8 Å². The molecule has 29 heavy (non-hydrogen) atoms. The minimum absolute atomic E-state index is 0.101. The van der Waals surface area contributed by atoms with Crippen LogP contribution in [0.25, 0.3) is 5.52 Å². The summed E-state index contributed by atoms with van der Waals surface area (Å²) in [6, 6.07) is 15.1. The highest BCUT2D eigenvalue weighted by Crippen LogP contribution is 2.21. The molecule has 1 unspecified atom stereocenters. The van der Waals surface area contributed by atoms with Crippen molar-refractivity contribution in [1.29, 1.82) is 0 Å². The number of carbonyl (C=O) groups excluding carboxylic acids is 2. The highest BCUT2D eigenvalue weighted by molar-refractivity contribution is 6.02. The molecule has 0 spiro atoms. The Balaban J connectivity index is 1.62. The minimum atomic E-state index is -0.297. The summed E-state index contributed by atoms with van der Waals surface area (Å²) in [7, 11) is 0. The molecule has 0 radical (unpaired) electrons. The lowest BCUT2D eigenvalue weighted by Gasteiger charge is -2.29. The normalized spacial score (nSPS) is 16.0. The van der Waals surface area contributed by atoms with Gasteiger partial charge >= 0.3 is 0 Å². The van der Waals surface area contributed by atoms with Gasteiger partial charge in [-0.2, -0.15) is 0 Å². The number of aromatic nitrogens is 2. The number of carbonyl (C=O) groups is 2. The van der Waals surface area contributed by atoms with E-state index < -0.39 is 0 Å². The maximum Gasteiger partial charge on any atom is 0.288 e. The number of amides is 2. The van der Waals surface area contributed by atoms with E-state index in [4.69, 9.17) is 0 Å². The van der Waals surface area contributed by atoms with Crippen LogP contribution in [0.1, 0.15) is 59.4 Å². The van der Waals surface area contributed by atoms with Crippen LogP contribution in [0.5, 0.6) is 0 Å². The fraction of sp³-hybridized carbons (Fsp3) is 0.348. The molecule has 0 aliphatic carbocycles. The number of benzene rings is 1. The van der Waals surface area contributed by atoms with Crippen LogP contribution in [0, 0.1) is 5.92 Å². The molecule has 150 valence electrons. The van der Waals surface area contributed by atoms with Crippen LogP contribution in [0.4, 0.5) is 0 Å². The Morgan fingerprint density at radius 2 is 1.76 bits per heavy atom. The van der Waals surface area contributed by atoms with Gasteiger partial charge in [0.25, 0.3) is 11.8 Å². The first kappa shape index (κ1) is 19.2. The van der Waals surface area contributed by atoms with Gasteiger partial charge in [0.05, 0.1) is 11.6 Å². The molecule has 2 aromatic heterocycles. The van der Waals surface area contributed by atoms with Crippen molar-refractivity contribution in [1.82, 2.24) is 19.6 Å². The highest BCUT2D eigenvalue weighted by Gasteiger charge is 2.27. The third-order valence-electron chi connectivity index (χ3n) is 5.67. The zero-order valence-electron chi connectivity index (χ0n) is 16.8. The summed E-state index contributed by atoms with van der Waals surface area (Å²) in [6.07, 6.45) is 3.78. The molecule has 6 nitrogen and oxygen atoms in total. The molecule has 1 aliphatic heterocycles. The summed E-state index contributed by atoms with van der Waals surface area (Å²) in [4.78, 5) is 32.4. The maximum atomic E-state index is 13.1. The Kier molecular flexibility index (Phi) is 5.34. The standard InChI is InChI=1S/C23H26N4O2/c1-16-11-14-26(15-12-16)23(29)20-19-10-6-7-13-27(19)21(25-20)22(28)24-17(2)18-8-4-3-5-9-18/h3-10,13,16-17H,11-12,14-15H2,1-2H3,(H,24,28). The molecule has 1 aromatic carbocycles. The molecule has 4 rings (SSSR count). The zero-order valence-corrected chi connectivity index (χ0v) is 16.8. The molecule has 1 atom stereocenters. The van der Waals surface area contributed by atoms with Crippen molar-refractivity contribution < 1.29 is 9.59 Å². The average molecular weight is 390 g/mol.